The quantitative estimate of drug-likeness (QED) is 0.428. The largest absolute Gasteiger partial charge is 0.399 e. The summed E-state index contributed by atoms with van der Waals surface area (Å²) in [6, 6.07) is 4.93. The van der Waals surface area contributed by atoms with Crippen molar-refractivity contribution in [1.29, 1.82) is 0 Å². The average Bonchev–Trinajstić information content (AvgIpc) is 3.49. The Balaban J connectivity index is 1.49. The summed E-state index contributed by atoms with van der Waals surface area (Å²) in [6.07, 6.45) is 3.80. The number of nitrogen functional groups attached to an aromatic ring is 2. The van der Waals surface area contributed by atoms with Crippen molar-refractivity contribution >= 4 is 51.9 Å². The van der Waals surface area contributed by atoms with Gasteiger partial charge in [0.25, 0.3) is 0 Å². The van der Waals surface area contributed by atoms with Gasteiger partial charge in [-0.05, 0) is 45.9 Å². The Morgan fingerprint density at radius 2 is 1.84 bits per heavy atom. The van der Waals surface area contributed by atoms with Crippen LogP contribution in [0.5, 0.6) is 0 Å². The Labute approximate surface area is 191 Å². The van der Waals surface area contributed by atoms with Crippen LogP contribution in [0.15, 0.2) is 18.3 Å². The molecule has 0 radical (unpaired) electrons. The molecular formula is C21H29ClN10. The Bertz CT molecular complexity index is 1150. The standard InChI is InChI=1S/C21H29ClN10/c1-11-9-31(10-12(2)30(11)3)16-7-13(23)6-15(18(16)22)27-21-28-19(26-14-4-5-14)20-25-8-17(24)32(20)29-21/h6-8,11-12,14H,4-5,9-10,23-24H2,1-3H3,(H2,26,27,28,29)/t11-,12+. The number of piperazine rings is 1. The van der Waals surface area contributed by atoms with Crippen molar-refractivity contribution in [1.82, 2.24) is 24.5 Å². The lowest BCUT2D eigenvalue weighted by atomic mass is 10.1. The molecular weight excluding hydrogens is 428 g/mol. The van der Waals surface area contributed by atoms with Gasteiger partial charge in [0, 0.05) is 36.9 Å². The molecule has 6 N–H and O–H groups in total. The van der Waals surface area contributed by atoms with E-state index in [9.17, 15) is 0 Å². The van der Waals surface area contributed by atoms with Gasteiger partial charge in [-0.2, -0.15) is 9.50 Å². The van der Waals surface area contributed by atoms with Gasteiger partial charge in [0.05, 0.1) is 22.6 Å². The molecule has 32 heavy (non-hydrogen) atoms. The van der Waals surface area contributed by atoms with E-state index in [1.165, 1.54) is 0 Å². The number of aromatic nitrogens is 4. The molecule has 2 fully saturated rings. The smallest absolute Gasteiger partial charge is 0.247 e. The SMILES string of the molecule is C[C@@H]1CN(c2cc(N)cc(Nc3nc(NC4CC4)c4ncc(N)n4n3)c2Cl)C[C@H](C)N1C. The van der Waals surface area contributed by atoms with E-state index >= 15 is 0 Å². The highest BCUT2D eigenvalue weighted by molar-refractivity contribution is 6.36. The zero-order valence-corrected chi connectivity index (χ0v) is 19.3. The lowest BCUT2D eigenvalue weighted by Gasteiger charge is -2.44. The Hall–Kier alpha value is -2.98. The number of imidazole rings is 1. The van der Waals surface area contributed by atoms with Crippen LogP contribution in [0.1, 0.15) is 26.7 Å². The first-order valence-corrected chi connectivity index (χ1v) is 11.3. The third-order valence-corrected chi connectivity index (χ3v) is 6.73. The maximum absolute atomic E-state index is 6.87. The van der Waals surface area contributed by atoms with Crippen LogP contribution in [0.25, 0.3) is 5.65 Å². The number of halogens is 1. The Morgan fingerprint density at radius 3 is 2.53 bits per heavy atom. The average molecular weight is 457 g/mol. The second-order valence-corrected chi connectivity index (χ2v) is 9.29. The fourth-order valence-electron chi connectivity index (χ4n) is 4.14. The van der Waals surface area contributed by atoms with Crippen molar-refractivity contribution in [2.45, 2.75) is 44.8 Å². The van der Waals surface area contributed by atoms with E-state index < -0.39 is 0 Å². The normalized spacial score (nSPS) is 21.8. The topological polar surface area (TPSA) is 126 Å². The highest BCUT2D eigenvalue weighted by Gasteiger charge is 2.29. The number of nitrogens with one attached hydrogen (secondary N) is 2. The molecule has 0 spiro atoms. The highest BCUT2D eigenvalue weighted by Crippen LogP contribution is 2.38. The van der Waals surface area contributed by atoms with Gasteiger partial charge >= 0.3 is 0 Å². The molecule has 11 heteroatoms. The molecule has 0 unspecified atom stereocenters. The van der Waals surface area contributed by atoms with Crippen molar-refractivity contribution in [2.75, 3.05) is 47.1 Å². The third kappa shape index (κ3) is 3.84. The van der Waals surface area contributed by atoms with Gasteiger partial charge in [-0.1, -0.05) is 11.6 Å². The summed E-state index contributed by atoms with van der Waals surface area (Å²) in [5, 5.41) is 11.8. The Morgan fingerprint density at radius 1 is 1.12 bits per heavy atom. The zero-order valence-electron chi connectivity index (χ0n) is 18.5. The number of nitrogens with two attached hydrogens (primary N) is 2. The van der Waals surface area contributed by atoms with Crippen LogP contribution < -0.4 is 27.0 Å². The van der Waals surface area contributed by atoms with E-state index in [1.807, 2.05) is 6.07 Å². The number of hydrogen-bond donors (Lipinski definition) is 4. The lowest BCUT2D eigenvalue weighted by molar-refractivity contribution is 0.170. The molecule has 5 rings (SSSR count). The molecule has 2 aliphatic rings. The van der Waals surface area contributed by atoms with Crippen LogP contribution in [0.4, 0.5) is 34.6 Å². The van der Waals surface area contributed by atoms with Gasteiger partial charge in [0.15, 0.2) is 11.5 Å². The molecule has 3 aromatic rings. The van der Waals surface area contributed by atoms with Crippen LogP contribution in [0.2, 0.25) is 5.02 Å². The van der Waals surface area contributed by atoms with Gasteiger partial charge in [0.1, 0.15) is 5.82 Å². The second-order valence-electron chi connectivity index (χ2n) is 8.92. The molecule has 1 aliphatic heterocycles. The first kappa shape index (κ1) is 20.9. The molecule has 170 valence electrons. The predicted octanol–water partition coefficient (Wildman–Crippen LogP) is 2.79. The first-order chi connectivity index (χ1) is 15.3. The summed E-state index contributed by atoms with van der Waals surface area (Å²) >= 11 is 6.87. The van der Waals surface area contributed by atoms with Gasteiger partial charge in [0.2, 0.25) is 5.95 Å². The van der Waals surface area contributed by atoms with Crippen molar-refractivity contribution in [3.8, 4) is 0 Å². The monoisotopic (exact) mass is 456 g/mol. The zero-order chi connectivity index (χ0) is 22.6. The molecule has 0 bridgehead atoms. The molecule has 2 aromatic heterocycles. The molecule has 1 saturated heterocycles. The number of likely N-dealkylation sites (N-methyl/N-ethyl adjacent to an activating group) is 1. The molecule has 2 atom stereocenters. The number of rotatable bonds is 5. The minimum absolute atomic E-state index is 0.365. The maximum Gasteiger partial charge on any atom is 0.247 e. The number of benzene rings is 1. The lowest BCUT2D eigenvalue weighted by Crippen LogP contribution is -2.55. The van der Waals surface area contributed by atoms with Gasteiger partial charge in [-0.3, -0.25) is 4.90 Å². The summed E-state index contributed by atoms with van der Waals surface area (Å²) in [7, 11) is 2.16. The van der Waals surface area contributed by atoms with E-state index in [1.54, 1.807) is 16.8 Å². The van der Waals surface area contributed by atoms with Gasteiger partial charge in [-0.15, -0.1) is 5.10 Å². The van der Waals surface area contributed by atoms with E-state index in [2.05, 4.69) is 56.4 Å². The van der Waals surface area contributed by atoms with Gasteiger partial charge in [-0.25, -0.2) is 4.98 Å². The summed E-state index contributed by atoms with van der Waals surface area (Å²) in [4.78, 5) is 13.7. The van der Waals surface area contributed by atoms with Crippen LogP contribution in [-0.4, -0.2) is 62.7 Å². The number of nitrogens with zero attached hydrogens (tertiary/aromatic N) is 6. The van der Waals surface area contributed by atoms with Crippen molar-refractivity contribution in [3.05, 3.63) is 23.4 Å². The van der Waals surface area contributed by atoms with E-state index in [-0.39, 0.29) is 0 Å². The van der Waals surface area contributed by atoms with Crippen molar-refractivity contribution in [2.24, 2.45) is 0 Å². The number of hydrogen-bond acceptors (Lipinski definition) is 9. The third-order valence-electron chi connectivity index (χ3n) is 6.33. The minimum Gasteiger partial charge on any atom is -0.399 e. The van der Waals surface area contributed by atoms with Crippen molar-refractivity contribution in [3.63, 3.8) is 0 Å². The summed E-state index contributed by atoms with van der Waals surface area (Å²) < 4.78 is 1.57. The highest BCUT2D eigenvalue weighted by atomic mass is 35.5. The van der Waals surface area contributed by atoms with Crippen LogP contribution in [-0.2, 0) is 0 Å². The van der Waals surface area contributed by atoms with E-state index in [4.69, 9.17) is 23.1 Å². The van der Waals surface area contributed by atoms with Crippen molar-refractivity contribution < 1.29 is 0 Å². The molecule has 1 aliphatic carbocycles. The summed E-state index contributed by atoms with van der Waals surface area (Å²) in [5.74, 6) is 1.44. The molecule has 1 aromatic carbocycles. The minimum atomic E-state index is 0.365. The molecule has 10 nitrogen and oxygen atoms in total. The van der Waals surface area contributed by atoms with Gasteiger partial charge < -0.3 is 27.0 Å². The second kappa shape index (κ2) is 7.86. The van der Waals surface area contributed by atoms with Crippen LogP contribution in [0.3, 0.4) is 0 Å². The Kier molecular flexibility index (Phi) is 5.13. The molecule has 3 heterocycles. The van der Waals surface area contributed by atoms with E-state index in [0.29, 0.717) is 57.8 Å². The number of fused-ring (bicyclic) bond motifs is 1. The maximum atomic E-state index is 6.87. The van der Waals surface area contributed by atoms with Crippen LogP contribution >= 0.6 is 11.6 Å². The van der Waals surface area contributed by atoms with E-state index in [0.717, 1.165) is 31.6 Å². The molecule has 1 saturated carbocycles. The fourth-order valence-corrected chi connectivity index (χ4v) is 4.42. The first-order valence-electron chi connectivity index (χ1n) is 10.9. The summed E-state index contributed by atoms with van der Waals surface area (Å²) in [6.45, 7) is 6.17. The van der Waals surface area contributed by atoms with Crippen LogP contribution in [0, 0.1) is 0 Å². The summed E-state index contributed by atoms with van der Waals surface area (Å²) in [5.41, 5.74) is 15.1. The molecule has 0 amide bonds. The predicted molar refractivity (Wildman–Crippen MR) is 130 cm³/mol. The fraction of sp³-hybridized carbons (Fsp3) is 0.476. The number of anilines is 6.